The molecule has 2 unspecified atom stereocenters. The third-order valence-electron chi connectivity index (χ3n) is 5.88. The SMILES string of the molecule is O=C(NCC(F)(F)F)C12CCS(=O)(=O)C(C1)c1cnc(-c3c[nH]c4ncccc34)nc1N2. The predicted octanol–water partition coefficient (Wildman–Crippen LogP) is 2.11. The number of amides is 1. The van der Waals surface area contributed by atoms with E-state index in [1.807, 2.05) is 11.4 Å². The topological polar surface area (TPSA) is 130 Å². The highest BCUT2D eigenvalue weighted by Gasteiger charge is 2.53. The van der Waals surface area contributed by atoms with Gasteiger partial charge in [0.25, 0.3) is 0 Å². The molecule has 13 heteroatoms. The fraction of sp³-hybridized carbons (Fsp3) is 0.368. The maximum absolute atomic E-state index is 12.8. The Hall–Kier alpha value is -3.22. The normalized spacial score (nSPS) is 23.9. The highest BCUT2D eigenvalue weighted by atomic mass is 32.2. The lowest BCUT2D eigenvalue weighted by Gasteiger charge is -2.44. The van der Waals surface area contributed by atoms with Crippen LogP contribution < -0.4 is 10.6 Å². The third kappa shape index (κ3) is 3.36. The molecule has 1 amide bonds. The van der Waals surface area contributed by atoms with E-state index in [0.29, 0.717) is 16.8 Å². The van der Waals surface area contributed by atoms with Crippen molar-refractivity contribution >= 4 is 32.6 Å². The van der Waals surface area contributed by atoms with Gasteiger partial charge in [0.05, 0.1) is 11.0 Å². The molecule has 3 aromatic heterocycles. The number of anilines is 1. The second-order valence-electron chi connectivity index (χ2n) is 7.91. The van der Waals surface area contributed by atoms with Gasteiger partial charge in [0, 0.05) is 41.5 Å². The standard InChI is InChI=1S/C19H17F3N6O3S/c20-19(21,22)9-26-17(29)18-3-5-32(30,31)13(6-18)12-8-25-15(27-16(12)28-18)11-7-24-14-10(11)2-1-4-23-14/h1-2,4,7-8,13H,3,5-6,9H2,(H,23,24)(H,26,29)(H,25,27,28). The molecule has 32 heavy (non-hydrogen) atoms. The van der Waals surface area contributed by atoms with Crippen molar-refractivity contribution in [2.45, 2.75) is 29.8 Å². The minimum atomic E-state index is -4.59. The summed E-state index contributed by atoms with van der Waals surface area (Å²) in [5, 5.41) is 4.49. The van der Waals surface area contributed by atoms with Gasteiger partial charge in [-0.05, 0) is 18.6 Å². The van der Waals surface area contributed by atoms with Gasteiger partial charge in [-0.3, -0.25) is 4.79 Å². The van der Waals surface area contributed by atoms with Crippen molar-refractivity contribution in [3.8, 4) is 11.4 Å². The number of fused-ring (bicyclic) bond motifs is 5. The molecule has 3 N–H and O–H groups in total. The Kier molecular flexibility index (Phi) is 4.45. The van der Waals surface area contributed by atoms with Crippen molar-refractivity contribution in [2.75, 3.05) is 17.6 Å². The Balaban J connectivity index is 1.56. The number of carbonyl (C=O) groups excluding carboxylic acids is 1. The summed E-state index contributed by atoms with van der Waals surface area (Å²) < 4.78 is 63.4. The van der Waals surface area contributed by atoms with Crippen molar-refractivity contribution in [3.63, 3.8) is 0 Å². The molecule has 2 aliphatic heterocycles. The summed E-state index contributed by atoms with van der Waals surface area (Å²) >= 11 is 0. The zero-order chi connectivity index (χ0) is 22.7. The second kappa shape index (κ2) is 6.89. The van der Waals surface area contributed by atoms with E-state index in [2.05, 4.69) is 25.3 Å². The molecular weight excluding hydrogens is 449 g/mol. The summed E-state index contributed by atoms with van der Waals surface area (Å²) in [7, 11) is -3.62. The lowest BCUT2D eigenvalue weighted by Crippen LogP contribution is -2.60. The summed E-state index contributed by atoms with van der Waals surface area (Å²) in [4.78, 5) is 28.7. The second-order valence-corrected chi connectivity index (χ2v) is 10.2. The number of hydrogen-bond donors (Lipinski definition) is 3. The van der Waals surface area contributed by atoms with Crippen LogP contribution in [0.15, 0.2) is 30.7 Å². The maximum Gasteiger partial charge on any atom is 0.405 e. The van der Waals surface area contributed by atoms with Crippen LogP contribution >= 0.6 is 0 Å². The molecular formula is C19H17F3N6O3S. The molecule has 5 heterocycles. The van der Waals surface area contributed by atoms with Crippen LogP contribution in [-0.2, 0) is 14.6 Å². The Morgan fingerprint density at radius 2 is 2.12 bits per heavy atom. The molecule has 0 radical (unpaired) electrons. The molecule has 2 atom stereocenters. The van der Waals surface area contributed by atoms with Crippen molar-refractivity contribution in [1.29, 1.82) is 0 Å². The van der Waals surface area contributed by atoms with E-state index in [-0.39, 0.29) is 30.2 Å². The fourth-order valence-electron chi connectivity index (χ4n) is 4.26. The van der Waals surface area contributed by atoms with Crippen LogP contribution in [0.2, 0.25) is 0 Å². The first kappa shape index (κ1) is 20.7. The quantitative estimate of drug-likeness (QED) is 0.539. The van der Waals surface area contributed by atoms with Gasteiger partial charge in [-0.2, -0.15) is 13.2 Å². The Bertz CT molecular complexity index is 1340. The number of hydrogen-bond acceptors (Lipinski definition) is 7. The van der Waals surface area contributed by atoms with Gasteiger partial charge in [-0.15, -0.1) is 0 Å². The number of carbonyl (C=O) groups is 1. The van der Waals surface area contributed by atoms with Crippen molar-refractivity contribution in [2.24, 2.45) is 0 Å². The summed E-state index contributed by atoms with van der Waals surface area (Å²) in [5.74, 6) is -0.857. The molecule has 1 fully saturated rings. The molecule has 2 aliphatic rings. The minimum absolute atomic E-state index is 0.120. The average molecular weight is 466 g/mol. The number of alkyl halides is 3. The molecule has 0 spiro atoms. The van der Waals surface area contributed by atoms with Crippen LogP contribution in [0.3, 0.4) is 0 Å². The van der Waals surface area contributed by atoms with Crippen LogP contribution in [0.5, 0.6) is 0 Å². The fourth-order valence-corrected chi connectivity index (χ4v) is 6.27. The molecule has 0 aliphatic carbocycles. The van der Waals surface area contributed by atoms with E-state index in [0.717, 1.165) is 5.39 Å². The first-order valence-corrected chi connectivity index (χ1v) is 11.4. The van der Waals surface area contributed by atoms with E-state index in [4.69, 9.17) is 0 Å². The van der Waals surface area contributed by atoms with Gasteiger partial charge >= 0.3 is 6.18 Å². The maximum atomic E-state index is 12.8. The highest BCUT2D eigenvalue weighted by Crippen LogP contribution is 2.47. The van der Waals surface area contributed by atoms with Crippen LogP contribution in [-0.4, -0.2) is 58.3 Å². The molecule has 1 saturated heterocycles. The predicted molar refractivity (Wildman–Crippen MR) is 108 cm³/mol. The number of halogens is 3. The van der Waals surface area contributed by atoms with Gasteiger partial charge < -0.3 is 15.6 Å². The van der Waals surface area contributed by atoms with Gasteiger partial charge in [0.2, 0.25) is 5.91 Å². The largest absolute Gasteiger partial charge is 0.405 e. The van der Waals surface area contributed by atoms with Gasteiger partial charge in [0.15, 0.2) is 15.7 Å². The van der Waals surface area contributed by atoms with Gasteiger partial charge in [-0.1, -0.05) is 0 Å². The Labute approximate surface area is 179 Å². The zero-order valence-electron chi connectivity index (χ0n) is 16.4. The molecule has 0 saturated carbocycles. The van der Waals surface area contributed by atoms with Crippen LogP contribution in [0.25, 0.3) is 22.4 Å². The highest BCUT2D eigenvalue weighted by molar-refractivity contribution is 7.91. The smallest absolute Gasteiger partial charge is 0.355 e. The van der Waals surface area contributed by atoms with Gasteiger partial charge in [0.1, 0.15) is 23.5 Å². The summed E-state index contributed by atoms with van der Waals surface area (Å²) in [6.45, 7) is -1.50. The van der Waals surface area contributed by atoms with Gasteiger partial charge in [-0.25, -0.2) is 23.4 Å². The van der Waals surface area contributed by atoms with E-state index in [1.165, 1.54) is 6.20 Å². The Morgan fingerprint density at radius 1 is 1.31 bits per heavy atom. The first-order chi connectivity index (χ1) is 15.1. The minimum Gasteiger partial charge on any atom is -0.355 e. The monoisotopic (exact) mass is 466 g/mol. The zero-order valence-corrected chi connectivity index (χ0v) is 17.2. The van der Waals surface area contributed by atoms with Crippen molar-refractivity contribution in [3.05, 3.63) is 36.3 Å². The molecule has 9 nitrogen and oxygen atoms in total. The van der Waals surface area contributed by atoms with Crippen molar-refractivity contribution in [1.82, 2.24) is 25.3 Å². The number of nitrogens with one attached hydrogen (secondary N) is 3. The first-order valence-electron chi connectivity index (χ1n) is 9.72. The Morgan fingerprint density at radius 3 is 2.91 bits per heavy atom. The van der Waals surface area contributed by atoms with Crippen LogP contribution in [0, 0.1) is 0 Å². The molecule has 5 rings (SSSR count). The van der Waals surface area contributed by atoms with E-state index >= 15 is 0 Å². The molecule has 168 valence electrons. The lowest BCUT2D eigenvalue weighted by molar-refractivity contribution is -0.141. The summed E-state index contributed by atoms with van der Waals surface area (Å²) in [6, 6.07) is 3.56. The van der Waals surface area contributed by atoms with Crippen LogP contribution in [0.1, 0.15) is 23.7 Å². The van der Waals surface area contributed by atoms with Crippen LogP contribution in [0.4, 0.5) is 19.0 Å². The summed E-state index contributed by atoms with van der Waals surface area (Å²) in [6.07, 6.45) is -0.265. The van der Waals surface area contributed by atoms with Crippen molar-refractivity contribution < 1.29 is 26.4 Å². The number of aromatic amines is 1. The molecule has 0 aromatic carbocycles. The number of aromatic nitrogens is 4. The number of H-pyrrole nitrogens is 1. The average Bonchev–Trinajstić information content (AvgIpc) is 3.18. The molecule has 3 aromatic rings. The lowest BCUT2D eigenvalue weighted by atomic mass is 9.83. The number of rotatable bonds is 3. The van der Waals surface area contributed by atoms with E-state index < -0.39 is 39.3 Å². The summed E-state index contributed by atoms with van der Waals surface area (Å²) in [5.41, 5.74) is 0.0125. The number of pyridine rings is 1. The van der Waals surface area contributed by atoms with E-state index in [1.54, 1.807) is 18.5 Å². The third-order valence-corrected chi connectivity index (χ3v) is 7.94. The number of sulfone groups is 1. The van der Waals surface area contributed by atoms with E-state index in [9.17, 15) is 26.4 Å². The number of nitrogens with zero attached hydrogens (tertiary/aromatic N) is 3. The molecule has 2 bridgehead atoms.